The predicted octanol–water partition coefficient (Wildman–Crippen LogP) is 3.67. The molecular weight excluding hydrogens is 265 g/mol. The van der Waals surface area contributed by atoms with Crippen LogP contribution in [-0.2, 0) is 0 Å². The van der Waals surface area contributed by atoms with Crippen molar-refractivity contribution in [3.8, 4) is 0 Å². The summed E-state index contributed by atoms with van der Waals surface area (Å²) in [5, 5.41) is 3.22. The Morgan fingerprint density at radius 1 is 1.15 bits per heavy atom. The highest BCUT2D eigenvalue weighted by atomic mass is 19.4. The molecule has 3 atom stereocenters. The van der Waals surface area contributed by atoms with E-state index in [1.54, 1.807) is 4.90 Å². The van der Waals surface area contributed by atoms with Gasteiger partial charge in [0.1, 0.15) is 0 Å². The normalized spacial score (nSPS) is 28.9. The maximum atomic E-state index is 12.7. The first-order valence-electron chi connectivity index (χ1n) is 7.56. The fourth-order valence-corrected chi connectivity index (χ4v) is 3.37. The van der Waals surface area contributed by atoms with Crippen LogP contribution in [0.5, 0.6) is 0 Å². The summed E-state index contributed by atoms with van der Waals surface area (Å²) in [5.74, 6) is 0.486. The summed E-state index contributed by atoms with van der Waals surface area (Å²) in [6.07, 6.45) is -1.23. The molecule has 0 aromatic carbocycles. The summed E-state index contributed by atoms with van der Waals surface area (Å²) < 4.78 is 38.2. The van der Waals surface area contributed by atoms with Gasteiger partial charge in [0.05, 0.1) is 6.54 Å². The maximum Gasteiger partial charge on any atom is 0.401 e. The Balaban J connectivity index is 2.84. The van der Waals surface area contributed by atoms with Crippen LogP contribution in [0.1, 0.15) is 47.0 Å². The van der Waals surface area contributed by atoms with E-state index in [-0.39, 0.29) is 17.5 Å². The monoisotopic (exact) mass is 294 g/mol. The second-order valence-electron chi connectivity index (χ2n) is 7.02. The van der Waals surface area contributed by atoms with Gasteiger partial charge >= 0.3 is 6.18 Å². The Hall–Kier alpha value is -0.290. The van der Waals surface area contributed by atoms with Crippen LogP contribution in [0.15, 0.2) is 0 Å². The zero-order valence-electron chi connectivity index (χ0n) is 13.3. The van der Waals surface area contributed by atoms with Crippen LogP contribution in [0.2, 0.25) is 0 Å². The molecule has 0 aliphatic heterocycles. The van der Waals surface area contributed by atoms with E-state index in [9.17, 15) is 13.2 Å². The number of hydrogen-bond acceptors (Lipinski definition) is 2. The summed E-state index contributed by atoms with van der Waals surface area (Å²) in [4.78, 5) is 1.60. The minimum Gasteiger partial charge on any atom is -0.315 e. The van der Waals surface area contributed by atoms with Gasteiger partial charge in [-0.3, -0.25) is 4.90 Å². The zero-order valence-corrected chi connectivity index (χ0v) is 13.3. The summed E-state index contributed by atoms with van der Waals surface area (Å²) in [7, 11) is 1.86. The summed E-state index contributed by atoms with van der Waals surface area (Å²) >= 11 is 0. The lowest BCUT2D eigenvalue weighted by molar-refractivity contribution is -0.154. The molecule has 0 aromatic rings. The van der Waals surface area contributed by atoms with Gasteiger partial charge in [0.15, 0.2) is 0 Å². The third-order valence-corrected chi connectivity index (χ3v) is 4.67. The standard InChI is InChI=1S/C15H29F3N2/c1-6-20(10-15(16,17)18)13-9-11(14(2,3)4)7-8-12(13)19-5/h11-13,19H,6-10H2,1-5H3. The van der Waals surface area contributed by atoms with Crippen LogP contribution in [0, 0.1) is 11.3 Å². The molecule has 1 rings (SSSR count). The van der Waals surface area contributed by atoms with Gasteiger partial charge in [-0.25, -0.2) is 0 Å². The lowest BCUT2D eigenvalue weighted by atomic mass is 9.69. The van der Waals surface area contributed by atoms with Gasteiger partial charge in [0.2, 0.25) is 0 Å². The Kier molecular flexibility index (Phi) is 5.90. The molecule has 120 valence electrons. The Morgan fingerprint density at radius 2 is 1.75 bits per heavy atom. The minimum absolute atomic E-state index is 0.0235. The summed E-state index contributed by atoms with van der Waals surface area (Å²) in [5.41, 5.74) is 0.161. The van der Waals surface area contributed by atoms with Crippen LogP contribution in [0.3, 0.4) is 0 Å². The highest BCUT2D eigenvalue weighted by molar-refractivity contribution is 4.94. The number of likely N-dealkylation sites (N-methyl/N-ethyl adjacent to an activating group) is 2. The molecule has 1 fully saturated rings. The fraction of sp³-hybridized carbons (Fsp3) is 1.00. The number of alkyl halides is 3. The van der Waals surface area contributed by atoms with Gasteiger partial charge in [-0.1, -0.05) is 27.7 Å². The number of nitrogens with zero attached hydrogens (tertiary/aromatic N) is 1. The lowest BCUT2D eigenvalue weighted by Crippen LogP contribution is -2.55. The second-order valence-corrected chi connectivity index (χ2v) is 7.02. The Labute approximate surface area is 121 Å². The molecular formula is C15H29F3N2. The van der Waals surface area contributed by atoms with E-state index in [4.69, 9.17) is 0 Å². The van der Waals surface area contributed by atoms with Crippen molar-refractivity contribution in [1.82, 2.24) is 10.2 Å². The molecule has 0 spiro atoms. The van der Waals surface area contributed by atoms with Gasteiger partial charge in [-0.15, -0.1) is 0 Å². The maximum absolute atomic E-state index is 12.7. The topological polar surface area (TPSA) is 15.3 Å². The summed E-state index contributed by atoms with van der Waals surface area (Å²) in [6.45, 7) is 8.03. The van der Waals surface area contributed by atoms with Crippen molar-refractivity contribution >= 4 is 0 Å². The van der Waals surface area contributed by atoms with Gasteiger partial charge in [-0.05, 0) is 44.2 Å². The van der Waals surface area contributed by atoms with E-state index in [0.29, 0.717) is 12.5 Å². The largest absolute Gasteiger partial charge is 0.401 e. The van der Waals surface area contributed by atoms with Crippen molar-refractivity contribution < 1.29 is 13.2 Å². The number of nitrogens with one attached hydrogen (secondary N) is 1. The van der Waals surface area contributed by atoms with Crippen LogP contribution >= 0.6 is 0 Å². The fourth-order valence-electron chi connectivity index (χ4n) is 3.37. The van der Waals surface area contributed by atoms with Crippen molar-refractivity contribution in [2.45, 2.75) is 65.2 Å². The Morgan fingerprint density at radius 3 is 2.15 bits per heavy atom. The average molecular weight is 294 g/mol. The number of rotatable bonds is 4. The van der Waals surface area contributed by atoms with E-state index < -0.39 is 12.7 Å². The molecule has 0 bridgehead atoms. The molecule has 3 unspecified atom stereocenters. The number of halogens is 3. The van der Waals surface area contributed by atoms with Crippen LogP contribution in [-0.4, -0.2) is 43.3 Å². The minimum atomic E-state index is -4.12. The molecule has 2 nitrogen and oxygen atoms in total. The van der Waals surface area contributed by atoms with Crippen LogP contribution < -0.4 is 5.32 Å². The SMILES string of the molecule is CCN(CC(F)(F)F)C1CC(C(C)(C)C)CCC1NC. The lowest BCUT2D eigenvalue weighted by Gasteiger charge is -2.46. The third-order valence-electron chi connectivity index (χ3n) is 4.67. The molecule has 5 heteroatoms. The van der Waals surface area contributed by atoms with Crippen LogP contribution in [0.25, 0.3) is 0 Å². The molecule has 0 heterocycles. The van der Waals surface area contributed by atoms with Crippen molar-refractivity contribution in [3.05, 3.63) is 0 Å². The van der Waals surface area contributed by atoms with E-state index in [0.717, 1.165) is 19.3 Å². The quantitative estimate of drug-likeness (QED) is 0.851. The van der Waals surface area contributed by atoms with Gasteiger partial charge in [-0.2, -0.15) is 13.2 Å². The first kappa shape index (κ1) is 17.8. The summed E-state index contributed by atoms with van der Waals surface area (Å²) in [6, 6.07) is 0.139. The van der Waals surface area contributed by atoms with Crippen molar-refractivity contribution in [2.24, 2.45) is 11.3 Å². The smallest absolute Gasteiger partial charge is 0.315 e. The van der Waals surface area contributed by atoms with Crippen molar-refractivity contribution in [2.75, 3.05) is 20.1 Å². The van der Waals surface area contributed by atoms with Crippen LogP contribution in [0.4, 0.5) is 13.2 Å². The molecule has 20 heavy (non-hydrogen) atoms. The highest BCUT2D eigenvalue weighted by Gasteiger charge is 2.41. The van der Waals surface area contributed by atoms with Crippen molar-refractivity contribution in [1.29, 1.82) is 0 Å². The molecule has 0 radical (unpaired) electrons. The molecule has 0 saturated heterocycles. The third kappa shape index (κ3) is 4.92. The molecule has 1 aliphatic rings. The zero-order chi connectivity index (χ0) is 15.6. The van der Waals surface area contributed by atoms with E-state index >= 15 is 0 Å². The van der Waals surface area contributed by atoms with E-state index in [1.165, 1.54) is 0 Å². The molecule has 1 N–H and O–H groups in total. The first-order valence-corrected chi connectivity index (χ1v) is 7.56. The molecule has 0 amide bonds. The average Bonchev–Trinajstić information content (AvgIpc) is 2.33. The van der Waals surface area contributed by atoms with Gasteiger partial charge < -0.3 is 5.32 Å². The molecule has 0 aromatic heterocycles. The molecule has 1 aliphatic carbocycles. The predicted molar refractivity (Wildman–Crippen MR) is 76.7 cm³/mol. The number of hydrogen-bond donors (Lipinski definition) is 1. The van der Waals surface area contributed by atoms with Crippen molar-refractivity contribution in [3.63, 3.8) is 0 Å². The molecule has 1 saturated carbocycles. The Bertz CT molecular complexity index is 296. The highest BCUT2D eigenvalue weighted by Crippen LogP contribution is 2.39. The first-order chi connectivity index (χ1) is 9.08. The van der Waals surface area contributed by atoms with Gasteiger partial charge in [0.25, 0.3) is 0 Å². The second kappa shape index (κ2) is 6.65. The van der Waals surface area contributed by atoms with Gasteiger partial charge in [0, 0.05) is 12.1 Å². The van der Waals surface area contributed by atoms with E-state index in [2.05, 4.69) is 26.1 Å². The van der Waals surface area contributed by atoms with E-state index in [1.807, 2.05) is 14.0 Å².